The minimum Gasteiger partial charge on any atom is -0.381 e. The van der Waals surface area contributed by atoms with Crippen molar-refractivity contribution in [1.82, 2.24) is 24.9 Å². The van der Waals surface area contributed by atoms with Crippen LogP contribution in [-0.2, 0) is 16.0 Å². The van der Waals surface area contributed by atoms with Crippen LogP contribution in [0.15, 0.2) is 0 Å². The minimum absolute atomic E-state index is 0.0300. The smallest absolute Gasteiger partial charge is 0.254 e. The molecule has 3 rings (SSSR count). The highest BCUT2D eigenvalue weighted by molar-refractivity contribution is 5.79. The van der Waals surface area contributed by atoms with Gasteiger partial charge in [0.2, 0.25) is 11.9 Å². The molecule has 0 saturated heterocycles. The van der Waals surface area contributed by atoms with E-state index in [1.807, 2.05) is 13.8 Å². The van der Waals surface area contributed by atoms with Crippen LogP contribution in [0.1, 0.15) is 36.2 Å². The number of nitrogens with two attached hydrogens (primary N) is 1. The van der Waals surface area contributed by atoms with Gasteiger partial charge in [-0.15, -0.1) is 5.10 Å². The number of ether oxygens (including phenoxy) is 1. The molecule has 0 aromatic carbocycles. The second kappa shape index (κ2) is 7.12. The van der Waals surface area contributed by atoms with Crippen molar-refractivity contribution in [2.45, 2.75) is 39.5 Å². The predicted molar refractivity (Wildman–Crippen MR) is 89.5 cm³/mol. The summed E-state index contributed by atoms with van der Waals surface area (Å²) in [5.41, 5.74) is 8.08. The van der Waals surface area contributed by atoms with Crippen LogP contribution in [0.2, 0.25) is 0 Å². The van der Waals surface area contributed by atoms with Gasteiger partial charge in [0, 0.05) is 36.7 Å². The van der Waals surface area contributed by atoms with E-state index >= 15 is 0 Å². The molecule has 2 aromatic heterocycles. The Hall–Kier alpha value is -2.22. The SMILES string of the molecule is Cc1nc2nc(N)nn2c(C)c1CC(=O)NCCCOCC1CC1. The predicted octanol–water partition coefficient (Wildman–Crippen LogP) is 0.799. The molecule has 3 N–H and O–H groups in total. The Balaban J connectivity index is 1.50. The summed E-state index contributed by atoms with van der Waals surface area (Å²) in [7, 11) is 0. The average Bonchev–Trinajstić information content (AvgIpc) is 3.28. The number of carbonyl (C=O) groups is 1. The monoisotopic (exact) mass is 332 g/mol. The van der Waals surface area contributed by atoms with Crippen molar-refractivity contribution in [2.24, 2.45) is 5.92 Å². The first-order valence-corrected chi connectivity index (χ1v) is 8.37. The van der Waals surface area contributed by atoms with E-state index in [4.69, 9.17) is 10.5 Å². The van der Waals surface area contributed by atoms with E-state index in [1.165, 1.54) is 12.8 Å². The summed E-state index contributed by atoms with van der Waals surface area (Å²) in [6.07, 6.45) is 3.69. The third kappa shape index (κ3) is 4.00. The van der Waals surface area contributed by atoms with Gasteiger partial charge in [0.25, 0.3) is 5.78 Å². The molecule has 8 nitrogen and oxygen atoms in total. The molecule has 24 heavy (non-hydrogen) atoms. The Labute approximate surface area is 140 Å². The Morgan fingerprint density at radius 1 is 1.38 bits per heavy atom. The molecule has 1 fully saturated rings. The molecule has 2 heterocycles. The summed E-state index contributed by atoms with van der Waals surface area (Å²) in [5.74, 6) is 1.38. The number of anilines is 1. The van der Waals surface area contributed by atoms with Crippen molar-refractivity contribution in [1.29, 1.82) is 0 Å². The van der Waals surface area contributed by atoms with Gasteiger partial charge in [-0.2, -0.15) is 9.50 Å². The van der Waals surface area contributed by atoms with E-state index in [2.05, 4.69) is 20.4 Å². The van der Waals surface area contributed by atoms with Crippen molar-refractivity contribution in [2.75, 3.05) is 25.5 Å². The second-order valence-electron chi connectivity index (χ2n) is 6.34. The molecule has 8 heteroatoms. The largest absolute Gasteiger partial charge is 0.381 e. The van der Waals surface area contributed by atoms with E-state index in [-0.39, 0.29) is 18.3 Å². The molecular weight excluding hydrogens is 308 g/mol. The summed E-state index contributed by atoms with van der Waals surface area (Å²) in [6.45, 7) is 5.93. The lowest BCUT2D eigenvalue weighted by molar-refractivity contribution is -0.120. The van der Waals surface area contributed by atoms with E-state index in [0.717, 1.165) is 35.9 Å². The number of nitrogens with zero attached hydrogens (tertiary/aromatic N) is 4. The molecule has 0 aliphatic heterocycles. The van der Waals surface area contributed by atoms with Crippen LogP contribution in [0.3, 0.4) is 0 Å². The van der Waals surface area contributed by atoms with Gasteiger partial charge in [0.05, 0.1) is 6.42 Å². The van der Waals surface area contributed by atoms with Gasteiger partial charge >= 0.3 is 0 Å². The fourth-order valence-corrected chi connectivity index (χ4v) is 2.64. The van der Waals surface area contributed by atoms with E-state index in [0.29, 0.717) is 18.9 Å². The molecule has 2 aromatic rings. The average molecular weight is 332 g/mol. The summed E-state index contributed by atoms with van der Waals surface area (Å²) in [4.78, 5) is 20.6. The number of aryl methyl sites for hydroxylation is 2. The Morgan fingerprint density at radius 3 is 2.92 bits per heavy atom. The molecule has 0 atom stereocenters. The number of aromatic nitrogens is 4. The molecule has 130 valence electrons. The fourth-order valence-electron chi connectivity index (χ4n) is 2.64. The molecule has 1 saturated carbocycles. The van der Waals surface area contributed by atoms with Crippen molar-refractivity contribution >= 4 is 17.6 Å². The van der Waals surface area contributed by atoms with Gasteiger partial charge in [0.15, 0.2) is 0 Å². The molecule has 0 spiro atoms. The number of fused-ring (bicyclic) bond motifs is 1. The summed E-state index contributed by atoms with van der Waals surface area (Å²) in [6, 6.07) is 0. The number of nitrogen functional groups attached to an aromatic ring is 1. The summed E-state index contributed by atoms with van der Waals surface area (Å²) < 4.78 is 7.13. The van der Waals surface area contributed by atoms with Gasteiger partial charge in [-0.25, -0.2) is 4.98 Å². The lowest BCUT2D eigenvalue weighted by Gasteiger charge is -2.10. The van der Waals surface area contributed by atoms with Gasteiger partial charge in [-0.05, 0) is 39.0 Å². The molecule has 0 unspecified atom stereocenters. The second-order valence-corrected chi connectivity index (χ2v) is 6.34. The van der Waals surface area contributed by atoms with E-state index < -0.39 is 0 Å². The maximum absolute atomic E-state index is 12.2. The highest BCUT2D eigenvalue weighted by Crippen LogP contribution is 2.28. The third-order valence-corrected chi connectivity index (χ3v) is 4.24. The van der Waals surface area contributed by atoms with Gasteiger partial charge < -0.3 is 15.8 Å². The first-order chi connectivity index (χ1) is 11.5. The van der Waals surface area contributed by atoms with Crippen molar-refractivity contribution in [3.05, 3.63) is 17.0 Å². The Kier molecular flexibility index (Phi) is 4.94. The first-order valence-electron chi connectivity index (χ1n) is 8.37. The molecule has 1 aliphatic carbocycles. The summed E-state index contributed by atoms with van der Waals surface area (Å²) >= 11 is 0. The fraction of sp³-hybridized carbons (Fsp3) is 0.625. The van der Waals surface area contributed by atoms with Crippen LogP contribution in [0, 0.1) is 19.8 Å². The highest BCUT2D eigenvalue weighted by Gasteiger charge is 2.20. The van der Waals surface area contributed by atoms with Crippen LogP contribution in [0.4, 0.5) is 5.95 Å². The lowest BCUT2D eigenvalue weighted by Crippen LogP contribution is -2.28. The molecule has 0 bridgehead atoms. The van der Waals surface area contributed by atoms with Crippen molar-refractivity contribution < 1.29 is 9.53 Å². The van der Waals surface area contributed by atoms with E-state index in [1.54, 1.807) is 4.52 Å². The Bertz CT molecular complexity index is 738. The quantitative estimate of drug-likeness (QED) is 0.692. The van der Waals surface area contributed by atoms with Crippen molar-refractivity contribution in [3.63, 3.8) is 0 Å². The normalized spacial score (nSPS) is 14.2. The molecule has 1 aliphatic rings. The maximum atomic E-state index is 12.2. The number of carbonyl (C=O) groups excluding carboxylic acids is 1. The van der Waals surface area contributed by atoms with Crippen LogP contribution in [0.5, 0.6) is 0 Å². The van der Waals surface area contributed by atoms with Crippen molar-refractivity contribution in [3.8, 4) is 0 Å². The van der Waals surface area contributed by atoms with Crippen LogP contribution < -0.4 is 11.1 Å². The van der Waals surface area contributed by atoms with Gasteiger partial charge in [-0.1, -0.05) is 0 Å². The molecule has 1 amide bonds. The number of rotatable bonds is 8. The van der Waals surface area contributed by atoms with Crippen LogP contribution >= 0.6 is 0 Å². The zero-order valence-corrected chi connectivity index (χ0v) is 14.2. The number of nitrogens with one attached hydrogen (secondary N) is 1. The number of amides is 1. The Morgan fingerprint density at radius 2 is 2.17 bits per heavy atom. The maximum Gasteiger partial charge on any atom is 0.254 e. The number of hydrogen-bond donors (Lipinski definition) is 2. The van der Waals surface area contributed by atoms with Crippen LogP contribution in [0.25, 0.3) is 5.78 Å². The third-order valence-electron chi connectivity index (χ3n) is 4.24. The summed E-state index contributed by atoms with van der Waals surface area (Å²) in [5, 5.41) is 7.04. The standard InChI is InChI=1S/C16H24N6O2/c1-10-13(11(2)22-16(19-10)20-15(17)21-22)8-14(23)18-6-3-7-24-9-12-4-5-12/h12H,3-9H2,1-2H3,(H2,17,21)(H,18,23). The highest BCUT2D eigenvalue weighted by atomic mass is 16.5. The lowest BCUT2D eigenvalue weighted by atomic mass is 10.1. The zero-order valence-electron chi connectivity index (χ0n) is 14.2. The van der Waals surface area contributed by atoms with Gasteiger partial charge in [0.1, 0.15) is 0 Å². The minimum atomic E-state index is -0.0300. The zero-order chi connectivity index (χ0) is 17.1. The molecule has 0 radical (unpaired) electrons. The van der Waals surface area contributed by atoms with Crippen LogP contribution in [-0.4, -0.2) is 45.2 Å². The topological polar surface area (TPSA) is 107 Å². The van der Waals surface area contributed by atoms with Gasteiger partial charge in [-0.3, -0.25) is 4.79 Å². The molecular formula is C16H24N6O2. The first kappa shape index (κ1) is 16.6. The van der Waals surface area contributed by atoms with E-state index in [9.17, 15) is 4.79 Å². The number of hydrogen-bond acceptors (Lipinski definition) is 6.